The summed E-state index contributed by atoms with van der Waals surface area (Å²) in [6.07, 6.45) is 0. The molecular weight excluding hydrogens is 705 g/mol. The van der Waals surface area contributed by atoms with Gasteiger partial charge in [-0.2, -0.15) is 0 Å². The van der Waals surface area contributed by atoms with Crippen molar-refractivity contribution in [2.45, 2.75) is 0 Å². The van der Waals surface area contributed by atoms with Gasteiger partial charge < -0.3 is 9.32 Å². The zero-order valence-electron chi connectivity index (χ0n) is 31.6. The van der Waals surface area contributed by atoms with Crippen LogP contribution < -0.4 is 4.90 Å². The van der Waals surface area contributed by atoms with E-state index in [9.17, 15) is 0 Å². The summed E-state index contributed by atoms with van der Waals surface area (Å²) >= 11 is 0. The van der Waals surface area contributed by atoms with E-state index in [4.69, 9.17) is 9.40 Å². The molecule has 0 bridgehead atoms. The first-order valence-electron chi connectivity index (χ1n) is 19.7. The summed E-state index contributed by atoms with van der Waals surface area (Å²) in [4.78, 5) is 7.23. The molecule has 58 heavy (non-hydrogen) atoms. The minimum atomic E-state index is 0.626. The number of hydrogen-bond donors (Lipinski definition) is 0. The van der Waals surface area contributed by atoms with Crippen LogP contribution in [0.1, 0.15) is 0 Å². The van der Waals surface area contributed by atoms with Crippen LogP contribution in [-0.2, 0) is 0 Å². The van der Waals surface area contributed by atoms with E-state index in [-0.39, 0.29) is 0 Å². The number of fused-ring (bicyclic) bond motifs is 6. The lowest BCUT2D eigenvalue weighted by Gasteiger charge is -2.26. The SMILES string of the molecule is c1ccc(-c2cccc(N(c3ccc(-c4cc5ccccc5c5ccccc45)cc3)c3ccc(-c4cccc5ccc6nc(-c7ccccc7)oc6c45)cc3)c2)cc1. The fourth-order valence-corrected chi connectivity index (χ4v) is 8.48. The number of nitrogens with zero attached hydrogens (tertiary/aromatic N) is 2. The Morgan fingerprint density at radius 2 is 0.931 bits per heavy atom. The van der Waals surface area contributed by atoms with Gasteiger partial charge in [0.2, 0.25) is 5.89 Å². The highest BCUT2D eigenvalue weighted by molar-refractivity contribution is 6.14. The third-order valence-corrected chi connectivity index (χ3v) is 11.3. The molecule has 10 aromatic carbocycles. The smallest absolute Gasteiger partial charge is 0.227 e. The standard InChI is InChI=1S/C55H36N2O/c1-3-13-37(14-4-1)42-19-11-20-46(35-42)57(45-32-27-39(28-33-45)51-36-43-17-7-8-21-47(43)49-22-9-10-23-50(49)51)44-30-25-38(26-31-44)48-24-12-18-40-29-34-52-54(53(40)48)58-55(56-52)41-15-5-2-6-16-41/h1-36H. The van der Waals surface area contributed by atoms with Crippen LogP contribution in [0.15, 0.2) is 223 Å². The summed E-state index contributed by atoms with van der Waals surface area (Å²) in [7, 11) is 0. The van der Waals surface area contributed by atoms with E-state index in [2.05, 4.69) is 193 Å². The number of rotatable bonds is 7. The van der Waals surface area contributed by atoms with Crippen LogP contribution in [-0.4, -0.2) is 4.98 Å². The van der Waals surface area contributed by atoms with E-state index in [0.717, 1.165) is 55.6 Å². The van der Waals surface area contributed by atoms with E-state index in [1.54, 1.807) is 0 Å². The van der Waals surface area contributed by atoms with Gasteiger partial charge in [-0.15, -0.1) is 0 Å². The predicted octanol–water partition coefficient (Wildman–Crippen LogP) is 15.4. The predicted molar refractivity (Wildman–Crippen MR) is 243 cm³/mol. The van der Waals surface area contributed by atoms with Crippen molar-refractivity contribution in [2.75, 3.05) is 4.90 Å². The Morgan fingerprint density at radius 1 is 0.345 bits per heavy atom. The summed E-state index contributed by atoms with van der Waals surface area (Å²) in [5.74, 6) is 0.626. The fraction of sp³-hybridized carbons (Fsp3) is 0. The summed E-state index contributed by atoms with van der Waals surface area (Å²) in [6, 6.07) is 77.8. The van der Waals surface area contributed by atoms with Crippen LogP contribution in [0, 0.1) is 0 Å². The summed E-state index contributed by atoms with van der Waals surface area (Å²) in [5, 5.41) is 7.22. The molecule has 0 spiro atoms. The lowest BCUT2D eigenvalue weighted by atomic mass is 9.93. The molecule has 0 aliphatic carbocycles. The maximum absolute atomic E-state index is 6.52. The van der Waals surface area contributed by atoms with Crippen molar-refractivity contribution >= 4 is 60.5 Å². The Kier molecular flexibility index (Phi) is 8.15. The molecule has 3 heteroatoms. The van der Waals surface area contributed by atoms with Crippen LogP contribution in [0.3, 0.4) is 0 Å². The van der Waals surface area contributed by atoms with Gasteiger partial charge in [-0.05, 0) is 121 Å². The molecule has 0 radical (unpaired) electrons. The largest absolute Gasteiger partial charge is 0.435 e. The molecule has 11 rings (SSSR count). The number of hydrogen-bond acceptors (Lipinski definition) is 3. The van der Waals surface area contributed by atoms with Gasteiger partial charge in [-0.3, -0.25) is 0 Å². The molecule has 0 saturated carbocycles. The second-order valence-electron chi connectivity index (χ2n) is 14.7. The van der Waals surface area contributed by atoms with E-state index in [1.165, 1.54) is 43.8 Å². The minimum Gasteiger partial charge on any atom is -0.435 e. The van der Waals surface area contributed by atoms with Gasteiger partial charge in [0, 0.05) is 28.0 Å². The summed E-state index contributed by atoms with van der Waals surface area (Å²) in [6.45, 7) is 0. The second kappa shape index (κ2) is 14.1. The number of oxazole rings is 1. The molecule has 11 aromatic rings. The highest BCUT2D eigenvalue weighted by Crippen LogP contribution is 2.42. The molecule has 0 amide bonds. The highest BCUT2D eigenvalue weighted by Gasteiger charge is 2.18. The van der Waals surface area contributed by atoms with Gasteiger partial charge in [0.15, 0.2) is 5.58 Å². The molecular formula is C55H36N2O. The Labute approximate surface area is 336 Å². The lowest BCUT2D eigenvalue weighted by Crippen LogP contribution is -2.10. The maximum Gasteiger partial charge on any atom is 0.227 e. The first kappa shape index (κ1) is 33.6. The zero-order valence-corrected chi connectivity index (χ0v) is 31.6. The van der Waals surface area contributed by atoms with Crippen LogP contribution in [0.2, 0.25) is 0 Å². The van der Waals surface area contributed by atoms with Crippen LogP contribution in [0.4, 0.5) is 17.1 Å². The topological polar surface area (TPSA) is 29.3 Å². The molecule has 1 aromatic heterocycles. The van der Waals surface area contributed by atoms with Gasteiger partial charge in [-0.25, -0.2) is 4.98 Å². The third-order valence-electron chi connectivity index (χ3n) is 11.3. The zero-order chi connectivity index (χ0) is 38.4. The average molecular weight is 741 g/mol. The Morgan fingerprint density at radius 3 is 1.67 bits per heavy atom. The van der Waals surface area contributed by atoms with Gasteiger partial charge >= 0.3 is 0 Å². The Hall–Kier alpha value is -7.75. The van der Waals surface area contributed by atoms with Crippen molar-refractivity contribution in [3.05, 3.63) is 218 Å². The van der Waals surface area contributed by atoms with Gasteiger partial charge in [0.05, 0.1) is 0 Å². The van der Waals surface area contributed by atoms with E-state index in [0.29, 0.717) is 5.89 Å². The van der Waals surface area contributed by atoms with Crippen molar-refractivity contribution in [3.63, 3.8) is 0 Å². The number of aromatic nitrogens is 1. The first-order chi connectivity index (χ1) is 28.7. The van der Waals surface area contributed by atoms with Gasteiger partial charge in [0.1, 0.15) is 5.52 Å². The summed E-state index contributed by atoms with van der Waals surface area (Å²) < 4.78 is 6.52. The fourth-order valence-electron chi connectivity index (χ4n) is 8.48. The number of benzene rings is 10. The van der Waals surface area contributed by atoms with Crippen molar-refractivity contribution in [3.8, 4) is 44.8 Å². The Bertz CT molecular complexity index is 3260. The molecule has 0 unspecified atom stereocenters. The van der Waals surface area contributed by atoms with E-state index < -0.39 is 0 Å². The van der Waals surface area contributed by atoms with Crippen molar-refractivity contribution in [1.29, 1.82) is 0 Å². The average Bonchev–Trinajstić information content (AvgIpc) is 3.75. The normalized spacial score (nSPS) is 11.4. The van der Waals surface area contributed by atoms with Crippen molar-refractivity contribution < 1.29 is 4.42 Å². The molecule has 272 valence electrons. The molecule has 0 aliphatic heterocycles. The van der Waals surface area contributed by atoms with Gasteiger partial charge in [0.25, 0.3) is 0 Å². The monoisotopic (exact) mass is 740 g/mol. The second-order valence-corrected chi connectivity index (χ2v) is 14.7. The third kappa shape index (κ3) is 5.89. The van der Waals surface area contributed by atoms with Gasteiger partial charge in [-0.1, -0.05) is 158 Å². The van der Waals surface area contributed by atoms with Crippen LogP contribution >= 0.6 is 0 Å². The minimum absolute atomic E-state index is 0.626. The van der Waals surface area contributed by atoms with Crippen LogP contribution in [0.25, 0.3) is 88.3 Å². The molecule has 1 heterocycles. The Balaban J connectivity index is 1.02. The lowest BCUT2D eigenvalue weighted by molar-refractivity contribution is 0.623. The highest BCUT2D eigenvalue weighted by atomic mass is 16.3. The molecule has 0 atom stereocenters. The number of anilines is 3. The first-order valence-corrected chi connectivity index (χ1v) is 19.7. The van der Waals surface area contributed by atoms with Crippen molar-refractivity contribution in [1.82, 2.24) is 4.98 Å². The molecule has 0 fully saturated rings. The molecule has 3 nitrogen and oxygen atoms in total. The molecule has 0 aliphatic rings. The van der Waals surface area contributed by atoms with Crippen LogP contribution in [0.5, 0.6) is 0 Å². The summed E-state index contributed by atoms with van der Waals surface area (Å²) in [5.41, 5.74) is 12.8. The maximum atomic E-state index is 6.52. The quantitative estimate of drug-likeness (QED) is 0.152. The molecule has 0 N–H and O–H groups in total. The van der Waals surface area contributed by atoms with E-state index in [1.807, 2.05) is 30.3 Å². The molecule has 0 saturated heterocycles. The van der Waals surface area contributed by atoms with Crippen molar-refractivity contribution in [2.24, 2.45) is 0 Å². The van der Waals surface area contributed by atoms with E-state index >= 15 is 0 Å².